The van der Waals surface area contributed by atoms with Crippen molar-refractivity contribution >= 4 is 10.0 Å². The van der Waals surface area contributed by atoms with Crippen molar-refractivity contribution in [3.63, 3.8) is 0 Å². The van der Waals surface area contributed by atoms with Gasteiger partial charge in [0.1, 0.15) is 4.90 Å². The number of hydrogen-bond acceptors (Lipinski definition) is 6. The minimum atomic E-state index is -3.76. The van der Waals surface area contributed by atoms with Gasteiger partial charge in [-0.25, -0.2) is 17.8 Å². The Morgan fingerprint density at radius 1 is 1.23 bits per heavy atom. The highest BCUT2D eigenvalue weighted by Crippen LogP contribution is 2.38. The first-order valence-corrected chi connectivity index (χ1v) is 9.88. The van der Waals surface area contributed by atoms with Crippen LogP contribution in [-0.4, -0.2) is 28.3 Å². The fourth-order valence-corrected chi connectivity index (χ4v) is 4.27. The molecule has 0 bridgehead atoms. The van der Waals surface area contributed by atoms with E-state index in [0.717, 1.165) is 18.5 Å². The van der Waals surface area contributed by atoms with Gasteiger partial charge in [0, 0.05) is 5.92 Å². The van der Waals surface area contributed by atoms with Crippen LogP contribution in [0.25, 0.3) is 5.69 Å². The predicted octanol–water partition coefficient (Wildman–Crippen LogP) is 2.23. The van der Waals surface area contributed by atoms with Gasteiger partial charge >= 0.3 is 0 Å². The molecule has 0 atom stereocenters. The van der Waals surface area contributed by atoms with Crippen molar-refractivity contribution in [2.24, 2.45) is 0 Å². The molecule has 1 aromatic carbocycles. The van der Waals surface area contributed by atoms with Crippen LogP contribution in [-0.2, 0) is 16.6 Å². The van der Waals surface area contributed by atoms with Crippen molar-refractivity contribution in [1.29, 1.82) is 0 Å². The molecule has 0 amide bonds. The summed E-state index contributed by atoms with van der Waals surface area (Å²) in [6, 6.07) is 9.41. The lowest BCUT2D eigenvalue weighted by molar-refractivity contribution is 0.373. The molecule has 0 aliphatic heterocycles. The number of nitrogens with zero attached hydrogens (tertiary/aromatic N) is 4. The first-order valence-electron chi connectivity index (χ1n) is 8.39. The number of nitrogens with one attached hydrogen (secondary N) is 1. The number of sulfonamides is 1. The molecule has 26 heavy (non-hydrogen) atoms. The maximum atomic E-state index is 12.8. The molecular weight excluding hydrogens is 354 g/mol. The molecule has 9 heteroatoms. The molecule has 136 valence electrons. The number of rotatable bonds is 6. The van der Waals surface area contributed by atoms with Crippen LogP contribution in [0.4, 0.5) is 0 Å². The molecule has 2 aromatic heterocycles. The average molecular weight is 373 g/mol. The lowest BCUT2D eigenvalue weighted by atomic mass is 10.3. The maximum absolute atomic E-state index is 12.8. The van der Waals surface area contributed by atoms with Crippen LogP contribution in [0, 0.1) is 13.8 Å². The quantitative estimate of drug-likeness (QED) is 0.711. The third kappa shape index (κ3) is 3.15. The van der Waals surface area contributed by atoms with Gasteiger partial charge in [0.2, 0.25) is 15.9 Å². The molecule has 4 rings (SSSR count). The maximum Gasteiger partial charge on any atom is 0.244 e. The van der Waals surface area contributed by atoms with Crippen LogP contribution >= 0.6 is 0 Å². The van der Waals surface area contributed by atoms with Gasteiger partial charge in [0.15, 0.2) is 5.82 Å². The Bertz CT molecular complexity index is 1040. The van der Waals surface area contributed by atoms with Crippen LogP contribution in [0.1, 0.15) is 41.9 Å². The molecular formula is C17H19N5O3S. The smallest absolute Gasteiger partial charge is 0.244 e. The van der Waals surface area contributed by atoms with Gasteiger partial charge in [-0.1, -0.05) is 23.4 Å². The molecule has 1 aliphatic rings. The molecule has 1 N–H and O–H groups in total. The molecule has 0 unspecified atom stereocenters. The summed E-state index contributed by atoms with van der Waals surface area (Å²) in [5, 5.41) is 8.22. The second-order valence-electron chi connectivity index (χ2n) is 6.39. The van der Waals surface area contributed by atoms with Gasteiger partial charge in [0.05, 0.1) is 23.6 Å². The Balaban J connectivity index is 1.58. The average Bonchev–Trinajstić information content (AvgIpc) is 3.28. The summed E-state index contributed by atoms with van der Waals surface area (Å²) >= 11 is 0. The van der Waals surface area contributed by atoms with Gasteiger partial charge in [-0.05, 0) is 38.8 Å². The zero-order valence-electron chi connectivity index (χ0n) is 14.5. The van der Waals surface area contributed by atoms with Crippen molar-refractivity contribution in [3.8, 4) is 5.69 Å². The Kier molecular flexibility index (Phi) is 4.12. The van der Waals surface area contributed by atoms with Crippen LogP contribution < -0.4 is 4.72 Å². The Morgan fingerprint density at radius 3 is 2.65 bits per heavy atom. The number of aromatic nitrogens is 4. The fourth-order valence-electron chi connectivity index (χ4n) is 2.91. The van der Waals surface area contributed by atoms with Crippen LogP contribution in [0.5, 0.6) is 0 Å². The van der Waals surface area contributed by atoms with Gasteiger partial charge in [-0.15, -0.1) is 0 Å². The van der Waals surface area contributed by atoms with E-state index in [4.69, 9.17) is 4.52 Å². The van der Waals surface area contributed by atoms with E-state index in [1.165, 1.54) is 0 Å². The summed E-state index contributed by atoms with van der Waals surface area (Å²) in [6.45, 7) is 3.40. The van der Waals surface area contributed by atoms with E-state index >= 15 is 0 Å². The van der Waals surface area contributed by atoms with E-state index in [9.17, 15) is 8.42 Å². The molecule has 0 saturated heterocycles. The van der Waals surface area contributed by atoms with E-state index in [-0.39, 0.29) is 11.4 Å². The third-order valence-corrected chi connectivity index (χ3v) is 5.98. The second kappa shape index (κ2) is 6.33. The van der Waals surface area contributed by atoms with E-state index in [2.05, 4.69) is 20.0 Å². The van der Waals surface area contributed by atoms with Crippen LogP contribution in [0.3, 0.4) is 0 Å². The van der Waals surface area contributed by atoms with Crippen molar-refractivity contribution < 1.29 is 12.9 Å². The highest BCUT2D eigenvalue weighted by atomic mass is 32.2. The topological polar surface area (TPSA) is 103 Å². The molecule has 1 saturated carbocycles. The molecule has 1 aliphatic carbocycles. The van der Waals surface area contributed by atoms with Gasteiger partial charge in [-0.3, -0.25) is 0 Å². The second-order valence-corrected chi connectivity index (χ2v) is 8.10. The molecule has 0 spiro atoms. The predicted molar refractivity (Wildman–Crippen MR) is 93.3 cm³/mol. The lowest BCUT2D eigenvalue weighted by Gasteiger charge is -2.06. The van der Waals surface area contributed by atoms with Crippen molar-refractivity contribution in [2.45, 2.75) is 44.0 Å². The summed E-state index contributed by atoms with van der Waals surface area (Å²) in [6.07, 6.45) is 2.09. The van der Waals surface area contributed by atoms with Crippen molar-refractivity contribution in [3.05, 3.63) is 53.4 Å². The highest BCUT2D eigenvalue weighted by molar-refractivity contribution is 7.89. The standard InChI is InChI=1S/C17H19N5O3S/c1-11-16(12(2)22(20-11)14-6-4-3-5-7-14)26(23,24)18-10-15-19-17(25-21-15)13-8-9-13/h3-7,13,18H,8-10H2,1-2H3. The number of para-hydroxylation sites is 1. The van der Waals surface area contributed by atoms with E-state index in [0.29, 0.717) is 29.0 Å². The lowest BCUT2D eigenvalue weighted by Crippen LogP contribution is -2.25. The highest BCUT2D eigenvalue weighted by Gasteiger charge is 2.30. The monoisotopic (exact) mass is 373 g/mol. The largest absolute Gasteiger partial charge is 0.339 e. The van der Waals surface area contributed by atoms with Gasteiger partial charge < -0.3 is 4.52 Å². The molecule has 2 heterocycles. The molecule has 0 radical (unpaired) electrons. The summed E-state index contributed by atoms with van der Waals surface area (Å²) in [4.78, 5) is 4.41. The summed E-state index contributed by atoms with van der Waals surface area (Å²) < 4.78 is 34.9. The summed E-state index contributed by atoms with van der Waals surface area (Å²) in [5.41, 5.74) is 1.79. The fraction of sp³-hybridized carbons (Fsp3) is 0.353. The van der Waals surface area contributed by atoms with Gasteiger partial charge in [-0.2, -0.15) is 10.1 Å². The van der Waals surface area contributed by atoms with Crippen LogP contribution in [0.15, 0.2) is 39.8 Å². The van der Waals surface area contributed by atoms with E-state index < -0.39 is 10.0 Å². The minimum Gasteiger partial charge on any atom is -0.339 e. The molecule has 8 nitrogen and oxygen atoms in total. The molecule has 1 fully saturated rings. The third-order valence-electron chi connectivity index (χ3n) is 4.33. The number of hydrogen-bond donors (Lipinski definition) is 1. The normalized spacial score (nSPS) is 14.7. The Hall–Kier alpha value is -2.52. The van der Waals surface area contributed by atoms with Gasteiger partial charge in [0.25, 0.3) is 0 Å². The number of benzene rings is 1. The van der Waals surface area contributed by atoms with Crippen molar-refractivity contribution in [2.75, 3.05) is 0 Å². The SMILES string of the molecule is Cc1nn(-c2ccccc2)c(C)c1S(=O)(=O)NCc1noc(C2CC2)n1. The zero-order chi connectivity index (χ0) is 18.3. The van der Waals surface area contributed by atoms with E-state index in [1.807, 2.05) is 30.3 Å². The first-order chi connectivity index (χ1) is 12.5. The Morgan fingerprint density at radius 2 is 1.96 bits per heavy atom. The molecule has 3 aromatic rings. The summed E-state index contributed by atoms with van der Waals surface area (Å²) in [5.74, 6) is 1.26. The minimum absolute atomic E-state index is 0.0199. The zero-order valence-corrected chi connectivity index (χ0v) is 15.3. The summed E-state index contributed by atoms with van der Waals surface area (Å²) in [7, 11) is -3.76. The first kappa shape index (κ1) is 16.9. The Labute approximate surface area is 151 Å². The number of aryl methyl sites for hydroxylation is 1. The van der Waals surface area contributed by atoms with E-state index in [1.54, 1.807) is 18.5 Å². The van der Waals surface area contributed by atoms with Crippen LogP contribution in [0.2, 0.25) is 0 Å². The van der Waals surface area contributed by atoms with Crippen molar-refractivity contribution in [1.82, 2.24) is 24.6 Å².